The van der Waals surface area contributed by atoms with E-state index in [1.165, 1.54) is 6.07 Å². The second-order valence-corrected chi connectivity index (χ2v) is 6.92. The molecule has 0 aliphatic carbocycles. The molecule has 0 radical (unpaired) electrons. The number of pyridine rings is 1. The summed E-state index contributed by atoms with van der Waals surface area (Å²) in [5, 5.41) is 1.18. The van der Waals surface area contributed by atoms with E-state index in [2.05, 4.69) is 4.98 Å². The fourth-order valence-electron chi connectivity index (χ4n) is 3.18. The fourth-order valence-corrected chi connectivity index (χ4v) is 3.46. The Balaban J connectivity index is 1.59. The third-order valence-corrected chi connectivity index (χ3v) is 5.01. The highest BCUT2D eigenvalue weighted by Crippen LogP contribution is 2.31. The molecular weight excluding hydrogens is 376 g/mol. The minimum Gasteiger partial charge on any atom is -0.492 e. The zero-order valence-electron chi connectivity index (χ0n) is 16.0. The molecule has 1 aromatic heterocycles. The molecule has 0 aliphatic heterocycles. The van der Waals surface area contributed by atoms with Gasteiger partial charge in [-0.05, 0) is 50.1 Å². The molecule has 146 valence electrons. The van der Waals surface area contributed by atoms with E-state index >= 15 is 0 Å². The van der Waals surface area contributed by atoms with Crippen molar-refractivity contribution < 1.29 is 9.53 Å². The fraction of sp³-hybridized carbons (Fsp3) is 0.273. The van der Waals surface area contributed by atoms with E-state index in [-0.39, 0.29) is 11.5 Å². The van der Waals surface area contributed by atoms with Crippen molar-refractivity contribution in [2.24, 2.45) is 0 Å². The number of para-hydroxylation sites is 1. The Hall–Kier alpha value is -2.79. The number of amides is 1. The lowest BCUT2D eigenvalue weighted by Crippen LogP contribution is -2.31. The lowest BCUT2D eigenvalue weighted by molar-refractivity contribution is -0.118. The largest absolute Gasteiger partial charge is 0.492 e. The monoisotopic (exact) mass is 398 g/mol. The second-order valence-electron chi connectivity index (χ2n) is 6.54. The van der Waals surface area contributed by atoms with Crippen LogP contribution in [0.2, 0.25) is 5.02 Å². The van der Waals surface area contributed by atoms with Gasteiger partial charge in [-0.25, -0.2) is 0 Å². The first-order valence-electron chi connectivity index (χ1n) is 9.31. The van der Waals surface area contributed by atoms with Gasteiger partial charge in [0.15, 0.2) is 0 Å². The zero-order chi connectivity index (χ0) is 20.1. The van der Waals surface area contributed by atoms with Crippen LogP contribution < -0.4 is 15.2 Å². The molecule has 6 heteroatoms. The normalized spacial score (nSPS) is 10.8. The minimum absolute atomic E-state index is 0.0718. The number of aryl methyl sites for hydroxylation is 1. The first kappa shape index (κ1) is 20.0. The first-order chi connectivity index (χ1) is 13.5. The number of ether oxygens (including phenoxy) is 1. The van der Waals surface area contributed by atoms with E-state index in [9.17, 15) is 9.59 Å². The van der Waals surface area contributed by atoms with Crippen LogP contribution in [0.1, 0.15) is 25.3 Å². The molecule has 3 rings (SSSR count). The second kappa shape index (κ2) is 8.93. The number of carbonyl (C=O) groups excluding carboxylic acids is 1. The maximum atomic E-state index is 12.6. The van der Waals surface area contributed by atoms with Crippen LogP contribution in [0.4, 0.5) is 5.69 Å². The molecule has 1 heterocycles. The van der Waals surface area contributed by atoms with Gasteiger partial charge < -0.3 is 14.6 Å². The topological polar surface area (TPSA) is 62.4 Å². The number of rotatable bonds is 7. The minimum atomic E-state index is -0.176. The molecule has 0 saturated carbocycles. The summed E-state index contributed by atoms with van der Waals surface area (Å²) in [6, 6.07) is 14.5. The SMILES string of the molecule is CCN(C(=O)CCCOc1ccc2[nH]c(=O)ccc2c1Cl)c1ccccc1C. The molecule has 1 amide bonds. The van der Waals surface area contributed by atoms with Crippen molar-refractivity contribution in [3.05, 3.63) is 69.5 Å². The Morgan fingerprint density at radius 1 is 1.14 bits per heavy atom. The Bertz CT molecular complexity index is 1050. The number of fused-ring (bicyclic) bond motifs is 1. The van der Waals surface area contributed by atoms with Gasteiger partial charge >= 0.3 is 0 Å². The summed E-state index contributed by atoms with van der Waals surface area (Å²) in [5.74, 6) is 0.613. The van der Waals surface area contributed by atoms with Crippen molar-refractivity contribution in [1.29, 1.82) is 0 Å². The molecule has 0 bridgehead atoms. The standard InChI is InChI=1S/C22H23ClN2O3/c1-3-25(18-8-5-4-7-15(18)2)21(27)9-6-14-28-19-12-11-17-16(22(19)23)10-13-20(26)24-17/h4-5,7-8,10-13H,3,6,9,14H2,1-2H3,(H,24,26). The number of hydrogen-bond donors (Lipinski definition) is 1. The Morgan fingerprint density at radius 2 is 1.93 bits per heavy atom. The number of nitrogens with one attached hydrogen (secondary N) is 1. The van der Waals surface area contributed by atoms with Crippen LogP contribution in [0.5, 0.6) is 5.75 Å². The van der Waals surface area contributed by atoms with Crippen molar-refractivity contribution in [3.8, 4) is 5.75 Å². The maximum Gasteiger partial charge on any atom is 0.248 e. The number of benzene rings is 2. The number of aromatic amines is 1. The van der Waals surface area contributed by atoms with Crippen molar-refractivity contribution in [2.45, 2.75) is 26.7 Å². The van der Waals surface area contributed by atoms with Crippen molar-refractivity contribution in [1.82, 2.24) is 4.98 Å². The Morgan fingerprint density at radius 3 is 2.68 bits per heavy atom. The van der Waals surface area contributed by atoms with E-state index in [4.69, 9.17) is 16.3 Å². The molecule has 2 aromatic carbocycles. The van der Waals surface area contributed by atoms with Crippen LogP contribution in [0.15, 0.2) is 53.3 Å². The predicted octanol–water partition coefficient (Wildman–Crippen LogP) is 4.70. The molecule has 0 unspecified atom stereocenters. The molecule has 0 spiro atoms. The lowest BCUT2D eigenvalue weighted by atomic mass is 10.1. The van der Waals surface area contributed by atoms with Crippen LogP contribution in [-0.2, 0) is 4.79 Å². The van der Waals surface area contributed by atoms with E-state index in [1.54, 1.807) is 23.1 Å². The summed E-state index contributed by atoms with van der Waals surface area (Å²) in [7, 11) is 0. The van der Waals surface area contributed by atoms with Crippen LogP contribution >= 0.6 is 11.6 Å². The summed E-state index contributed by atoms with van der Waals surface area (Å²) in [6.07, 6.45) is 0.974. The maximum absolute atomic E-state index is 12.6. The summed E-state index contributed by atoms with van der Waals surface area (Å²) in [6.45, 7) is 4.98. The molecule has 3 aromatic rings. The van der Waals surface area contributed by atoms with Crippen molar-refractivity contribution >= 4 is 34.1 Å². The zero-order valence-corrected chi connectivity index (χ0v) is 16.8. The average molecular weight is 399 g/mol. The number of anilines is 1. The highest BCUT2D eigenvalue weighted by molar-refractivity contribution is 6.36. The molecule has 0 aliphatic rings. The highest BCUT2D eigenvalue weighted by atomic mass is 35.5. The third kappa shape index (κ3) is 4.37. The van der Waals surface area contributed by atoms with Crippen LogP contribution in [-0.4, -0.2) is 24.0 Å². The number of nitrogens with zero attached hydrogens (tertiary/aromatic N) is 1. The predicted molar refractivity (Wildman–Crippen MR) is 114 cm³/mol. The highest BCUT2D eigenvalue weighted by Gasteiger charge is 2.15. The third-order valence-electron chi connectivity index (χ3n) is 4.62. The Kier molecular flexibility index (Phi) is 6.37. The van der Waals surface area contributed by atoms with Gasteiger partial charge in [0.25, 0.3) is 0 Å². The van der Waals surface area contributed by atoms with E-state index < -0.39 is 0 Å². The van der Waals surface area contributed by atoms with Gasteiger partial charge in [0.1, 0.15) is 5.75 Å². The van der Waals surface area contributed by atoms with E-state index in [1.807, 2.05) is 38.1 Å². The van der Waals surface area contributed by atoms with Crippen molar-refractivity contribution in [3.63, 3.8) is 0 Å². The van der Waals surface area contributed by atoms with E-state index in [0.717, 1.165) is 16.6 Å². The average Bonchev–Trinajstić information content (AvgIpc) is 2.68. The number of aromatic nitrogens is 1. The lowest BCUT2D eigenvalue weighted by Gasteiger charge is -2.23. The number of carbonyl (C=O) groups is 1. The number of halogens is 1. The molecular formula is C22H23ClN2O3. The van der Waals surface area contributed by atoms with Gasteiger partial charge in [-0.15, -0.1) is 0 Å². The van der Waals surface area contributed by atoms with Gasteiger partial charge in [-0.1, -0.05) is 29.8 Å². The summed E-state index contributed by atoms with van der Waals surface area (Å²) in [4.78, 5) is 28.5. The molecule has 0 atom stereocenters. The van der Waals surface area contributed by atoms with Gasteiger partial charge in [0, 0.05) is 30.1 Å². The number of hydrogen-bond acceptors (Lipinski definition) is 3. The molecule has 0 fully saturated rings. The van der Waals surface area contributed by atoms with E-state index in [0.29, 0.717) is 42.3 Å². The smallest absolute Gasteiger partial charge is 0.248 e. The van der Waals surface area contributed by atoms with Gasteiger partial charge in [0.05, 0.1) is 17.1 Å². The first-order valence-corrected chi connectivity index (χ1v) is 9.69. The molecule has 5 nitrogen and oxygen atoms in total. The van der Waals surface area contributed by atoms with Gasteiger partial charge in [-0.3, -0.25) is 9.59 Å². The number of H-pyrrole nitrogens is 1. The molecule has 0 saturated heterocycles. The molecule has 1 N–H and O–H groups in total. The summed E-state index contributed by atoms with van der Waals surface area (Å²) < 4.78 is 5.77. The summed E-state index contributed by atoms with van der Waals surface area (Å²) in [5.41, 5.74) is 2.51. The molecule has 28 heavy (non-hydrogen) atoms. The quantitative estimate of drug-likeness (QED) is 0.586. The van der Waals surface area contributed by atoms with Gasteiger partial charge in [-0.2, -0.15) is 0 Å². The van der Waals surface area contributed by atoms with Crippen LogP contribution in [0.3, 0.4) is 0 Å². The van der Waals surface area contributed by atoms with Crippen molar-refractivity contribution in [2.75, 3.05) is 18.1 Å². The summed E-state index contributed by atoms with van der Waals surface area (Å²) >= 11 is 6.38. The van der Waals surface area contributed by atoms with Gasteiger partial charge in [0.2, 0.25) is 11.5 Å². The van der Waals surface area contributed by atoms with Crippen LogP contribution in [0, 0.1) is 6.92 Å². The Labute approximate surface area is 168 Å². The van der Waals surface area contributed by atoms with Crippen LogP contribution in [0.25, 0.3) is 10.9 Å².